The van der Waals surface area contributed by atoms with Gasteiger partial charge in [-0.3, -0.25) is 14.2 Å². The average molecular weight is 573 g/mol. The molecule has 2 N–H and O–H groups in total. The Morgan fingerprint density at radius 1 is 1.17 bits per heavy atom. The van der Waals surface area contributed by atoms with Crippen molar-refractivity contribution in [3.8, 4) is 0 Å². The van der Waals surface area contributed by atoms with Crippen LogP contribution in [0.15, 0.2) is 52.5 Å². The van der Waals surface area contributed by atoms with Gasteiger partial charge in [-0.15, -0.1) is 0 Å². The number of guanidine groups is 1. The second kappa shape index (κ2) is 10.8. The van der Waals surface area contributed by atoms with Gasteiger partial charge in [0.15, 0.2) is 5.96 Å². The van der Waals surface area contributed by atoms with Gasteiger partial charge < -0.3 is 15.5 Å². The van der Waals surface area contributed by atoms with Crippen LogP contribution in [0.2, 0.25) is 0 Å². The highest BCUT2D eigenvalue weighted by atomic mass is 19.1. The number of aryl methyl sites for hydroxylation is 3. The lowest BCUT2D eigenvalue weighted by Gasteiger charge is -2.61. The van der Waals surface area contributed by atoms with E-state index in [1.165, 1.54) is 23.4 Å². The molecular formula is C33H41FN6O2. The molecule has 4 aliphatic rings. The number of nitrogens with one attached hydrogen (secondary N) is 2. The summed E-state index contributed by atoms with van der Waals surface area (Å²) in [6.45, 7) is 12.2. The number of fused-ring (bicyclic) bond motifs is 3. The summed E-state index contributed by atoms with van der Waals surface area (Å²) in [5.74, 6) is 2.21. The van der Waals surface area contributed by atoms with Crippen molar-refractivity contribution in [3.63, 3.8) is 0 Å². The number of anilines is 1. The molecule has 0 radical (unpaired) electrons. The Bertz CT molecular complexity index is 1610. The molecule has 8 nitrogen and oxygen atoms in total. The Balaban J connectivity index is 1.25. The topological polar surface area (TPSA) is 91.6 Å². The van der Waals surface area contributed by atoms with Crippen LogP contribution in [0.3, 0.4) is 0 Å². The first-order chi connectivity index (χ1) is 20.0. The molecule has 42 heavy (non-hydrogen) atoms. The number of carbonyl (C=O) groups excluding carboxylic acids is 1. The number of rotatable bonds is 5. The molecule has 1 aromatic heterocycles. The van der Waals surface area contributed by atoms with Crippen molar-refractivity contribution in [2.75, 3.05) is 18.4 Å². The van der Waals surface area contributed by atoms with Crippen molar-refractivity contribution in [2.24, 2.45) is 28.2 Å². The van der Waals surface area contributed by atoms with Gasteiger partial charge in [0.1, 0.15) is 5.82 Å². The minimum absolute atomic E-state index is 0.0134. The molecule has 0 spiro atoms. The van der Waals surface area contributed by atoms with Crippen LogP contribution in [-0.4, -0.2) is 51.5 Å². The number of aliphatic imine (C=N–C) groups is 1. The van der Waals surface area contributed by atoms with Gasteiger partial charge in [0.05, 0.1) is 29.8 Å². The zero-order chi connectivity index (χ0) is 29.8. The lowest BCUT2D eigenvalue weighted by Crippen LogP contribution is -2.58. The third-order valence-corrected chi connectivity index (χ3v) is 10.0. The van der Waals surface area contributed by atoms with E-state index in [0.29, 0.717) is 65.1 Å². The van der Waals surface area contributed by atoms with Crippen LogP contribution in [0, 0.1) is 35.9 Å². The van der Waals surface area contributed by atoms with E-state index in [4.69, 9.17) is 4.99 Å². The van der Waals surface area contributed by atoms with Crippen molar-refractivity contribution in [1.29, 1.82) is 0 Å². The molecule has 222 valence electrons. The van der Waals surface area contributed by atoms with Gasteiger partial charge in [0.25, 0.3) is 5.56 Å². The summed E-state index contributed by atoms with van der Waals surface area (Å²) in [5.41, 5.74) is 2.98. The number of hydrogen-bond donors (Lipinski definition) is 2. The molecule has 5 atom stereocenters. The molecule has 9 heteroatoms. The highest BCUT2D eigenvalue weighted by Crippen LogP contribution is 2.61. The Morgan fingerprint density at radius 3 is 2.69 bits per heavy atom. The molecule has 2 heterocycles. The van der Waals surface area contributed by atoms with E-state index in [1.807, 2.05) is 36.9 Å². The number of nitrogens with zero attached hydrogens (tertiary/aromatic N) is 4. The monoisotopic (exact) mass is 572 g/mol. The van der Waals surface area contributed by atoms with Crippen LogP contribution < -0.4 is 16.2 Å². The molecular weight excluding hydrogens is 531 g/mol. The lowest BCUT2D eigenvalue weighted by atomic mass is 9.45. The highest BCUT2D eigenvalue weighted by Gasteiger charge is 2.56. The zero-order valence-electron chi connectivity index (χ0n) is 25.2. The Kier molecular flexibility index (Phi) is 7.31. The lowest BCUT2D eigenvalue weighted by molar-refractivity contribution is -0.124. The summed E-state index contributed by atoms with van der Waals surface area (Å²) in [7, 11) is 0. The van der Waals surface area contributed by atoms with Gasteiger partial charge in [-0.2, -0.15) is 0 Å². The number of aromatic nitrogens is 2. The zero-order valence-corrected chi connectivity index (χ0v) is 25.2. The molecule has 1 aliphatic heterocycles. The number of piperazine rings is 1. The van der Waals surface area contributed by atoms with Crippen molar-refractivity contribution in [3.05, 3.63) is 70.0 Å². The van der Waals surface area contributed by atoms with Crippen LogP contribution in [-0.2, 0) is 17.8 Å². The van der Waals surface area contributed by atoms with Crippen LogP contribution in [0.4, 0.5) is 10.1 Å². The molecule has 1 unspecified atom stereocenters. The molecule has 2 aromatic carbocycles. The van der Waals surface area contributed by atoms with Gasteiger partial charge in [-0.05, 0) is 91.7 Å². The number of benzene rings is 2. The maximum atomic E-state index is 14.3. The molecule has 3 aromatic rings. The highest BCUT2D eigenvalue weighted by molar-refractivity contribution is 5.98. The second-order valence-electron chi connectivity index (χ2n) is 13.3. The minimum Gasteiger partial charge on any atom is -0.350 e. The Labute approximate surface area is 246 Å². The van der Waals surface area contributed by atoms with Gasteiger partial charge >= 0.3 is 0 Å². The summed E-state index contributed by atoms with van der Waals surface area (Å²) in [4.78, 5) is 37.6. The predicted octanol–water partition coefficient (Wildman–Crippen LogP) is 4.75. The molecule has 1 saturated heterocycles. The fraction of sp³-hybridized carbons (Fsp3) is 0.515. The van der Waals surface area contributed by atoms with Gasteiger partial charge in [-0.1, -0.05) is 32.9 Å². The van der Waals surface area contributed by atoms with Gasteiger partial charge in [-0.25, -0.2) is 14.4 Å². The molecule has 1 amide bonds. The van der Waals surface area contributed by atoms with E-state index in [0.717, 1.165) is 17.7 Å². The van der Waals surface area contributed by atoms with E-state index in [-0.39, 0.29) is 35.9 Å². The Hall–Kier alpha value is -3.75. The fourth-order valence-electron chi connectivity index (χ4n) is 7.36. The number of halogens is 1. The molecule has 4 fully saturated rings. The number of hydrogen-bond acceptors (Lipinski definition) is 4. The summed E-state index contributed by atoms with van der Waals surface area (Å²) in [6.07, 6.45) is 4.26. The standard InChI is InChI=1S/C33H41FN6O2/c1-19-6-7-22(27(34)12-19)10-11-39-18-35-29-15-24(8-9-25(29)31(39)42)37-32(40-16-20(2)36-30(41)17-40)38-28-14-23-13-26(21(28)3)33(23,4)5/h6-9,12,15,18,20-21,23,26,28H,10-11,13-14,16-17H2,1-5H3,(H,36,41)(H,37,38)/t20-,21?,23-,26+,28-/m0/s1. The third kappa shape index (κ3) is 5.29. The molecule has 3 aliphatic carbocycles. The van der Waals surface area contributed by atoms with Crippen LogP contribution in [0.1, 0.15) is 51.7 Å². The third-order valence-electron chi connectivity index (χ3n) is 10.0. The normalized spacial score (nSPS) is 27.0. The van der Waals surface area contributed by atoms with Crippen molar-refractivity contribution in [2.45, 2.75) is 72.5 Å². The van der Waals surface area contributed by atoms with E-state index in [1.54, 1.807) is 12.1 Å². The Morgan fingerprint density at radius 2 is 1.98 bits per heavy atom. The SMILES string of the molecule is Cc1ccc(CCn2cnc3cc(NC(=N[C@H]4C[C@@H]5C[C@H](C4C)C5(C)C)N4CC(=O)N[C@@H](C)C4)ccc3c2=O)c(F)c1. The molecule has 7 rings (SSSR count). The largest absolute Gasteiger partial charge is 0.350 e. The van der Waals surface area contributed by atoms with E-state index in [9.17, 15) is 14.0 Å². The summed E-state index contributed by atoms with van der Waals surface area (Å²) < 4.78 is 15.8. The fourth-order valence-corrected chi connectivity index (χ4v) is 7.36. The maximum Gasteiger partial charge on any atom is 0.261 e. The first-order valence-electron chi connectivity index (χ1n) is 15.1. The average Bonchev–Trinajstić information content (AvgIpc) is 2.93. The maximum absolute atomic E-state index is 14.3. The number of carbonyl (C=O) groups is 1. The van der Waals surface area contributed by atoms with Crippen molar-refractivity contribution >= 4 is 28.5 Å². The quantitative estimate of drug-likeness (QED) is 0.340. The van der Waals surface area contributed by atoms with Gasteiger partial charge in [0.2, 0.25) is 5.91 Å². The summed E-state index contributed by atoms with van der Waals surface area (Å²) in [5, 5.41) is 6.99. The smallest absolute Gasteiger partial charge is 0.261 e. The predicted molar refractivity (Wildman–Crippen MR) is 164 cm³/mol. The van der Waals surface area contributed by atoms with E-state index < -0.39 is 0 Å². The second-order valence-corrected chi connectivity index (χ2v) is 13.3. The van der Waals surface area contributed by atoms with Gasteiger partial charge in [0, 0.05) is 24.8 Å². The molecule has 2 bridgehead atoms. The minimum atomic E-state index is -0.256. The van der Waals surface area contributed by atoms with Crippen LogP contribution >= 0.6 is 0 Å². The van der Waals surface area contributed by atoms with E-state index >= 15 is 0 Å². The van der Waals surface area contributed by atoms with E-state index in [2.05, 4.69) is 36.4 Å². The summed E-state index contributed by atoms with van der Waals surface area (Å²) >= 11 is 0. The number of amides is 1. The van der Waals surface area contributed by atoms with Crippen LogP contribution in [0.5, 0.6) is 0 Å². The summed E-state index contributed by atoms with van der Waals surface area (Å²) in [6, 6.07) is 10.9. The van der Waals surface area contributed by atoms with Crippen molar-refractivity contribution in [1.82, 2.24) is 19.8 Å². The first kappa shape index (κ1) is 28.4. The molecule has 3 saturated carbocycles. The van der Waals surface area contributed by atoms with Crippen LogP contribution in [0.25, 0.3) is 10.9 Å². The van der Waals surface area contributed by atoms with Crippen molar-refractivity contribution < 1.29 is 9.18 Å². The first-order valence-corrected chi connectivity index (χ1v) is 15.1.